The van der Waals surface area contributed by atoms with Gasteiger partial charge < -0.3 is 10.1 Å². The van der Waals surface area contributed by atoms with Crippen molar-refractivity contribution in [2.45, 2.75) is 52.2 Å². The molecular formula is C14H25NOS. The Kier molecular flexibility index (Phi) is 5.63. The zero-order valence-corrected chi connectivity index (χ0v) is 12.5. The second kappa shape index (κ2) is 6.53. The first-order valence-corrected chi connectivity index (χ1v) is 7.25. The van der Waals surface area contributed by atoms with Crippen LogP contribution in [0.4, 0.5) is 0 Å². The fourth-order valence-electron chi connectivity index (χ4n) is 1.94. The summed E-state index contributed by atoms with van der Waals surface area (Å²) in [5.74, 6) is 0. The molecule has 0 fully saturated rings. The van der Waals surface area contributed by atoms with Crippen LogP contribution < -0.4 is 5.32 Å². The molecule has 1 aromatic heterocycles. The fourth-order valence-corrected chi connectivity index (χ4v) is 2.84. The molecule has 0 radical (unpaired) electrons. The van der Waals surface area contributed by atoms with Crippen LogP contribution in [0, 0.1) is 6.92 Å². The predicted octanol–water partition coefficient (Wildman–Crippen LogP) is 3.91. The lowest BCUT2D eigenvalue weighted by Crippen LogP contribution is -2.27. The number of methoxy groups -OCH3 is 1. The number of rotatable bonds is 7. The molecule has 2 nitrogen and oxygen atoms in total. The molecule has 0 bridgehead atoms. The molecule has 0 aromatic carbocycles. The van der Waals surface area contributed by atoms with E-state index >= 15 is 0 Å². The molecule has 1 N–H and O–H groups in total. The van der Waals surface area contributed by atoms with Crippen molar-refractivity contribution in [2.24, 2.45) is 0 Å². The van der Waals surface area contributed by atoms with E-state index in [1.54, 1.807) is 18.4 Å². The highest BCUT2D eigenvalue weighted by Crippen LogP contribution is 2.28. The van der Waals surface area contributed by atoms with Crippen molar-refractivity contribution in [2.75, 3.05) is 13.7 Å². The van der Waals surface area contributed by atoms with Gasteiger partial charge in [0.1, 0.15) is 0 Å². The summed E-state index contributed by atoms with van der Waals surface area (Å²) in [6.07, 6.45) is 2.18. The summed E-state index contributed by atoms with van der Waals surface area (Å²) in [6.45, 7) is 9.66. The van der Waals surface area contributed by atoms with E-state index in [1.807, 2.05) is 0 Å². The van der Waals surface area contributed by atoms with Crippen molar-refractivity contribution in [3.63, 3.8) is 0 Å². The number of hydrogen-bond donors (Lipinski definition) is 1. The van der Waals surface area contributed by atoms with Crippen LogP contribution in [-0.4, -0.2) is 19.3 Å². The number of aryl methyl sites for hydroxylation is 1. The van der Waals surface area contributed by atoms with Gasteiger partial charge in [-0.3, -0.25) is 0 Å². The number of nitrogens with one attached hydrogen (secondary N) is 1. The van der Waals surface area contributed by atoms with E-state index in [4.69, 9.17) is 4.74 Å². The van der Waals surface area contributed by atoms with E-state index in [1.165, 1.54) is 11.1 Å². The number of hydrogen-bond acceptors (Lipinski definition) is 3. The van der Waals surface area contributed by atoms with E-state index in [0.29, 0.717) is 6.04 Å². The van der Waals surface area contributed by atoms with Crippen molar-refractivity contribution in [3.8, 4) is 0 Å². The van der Waals surface area contributed by atoms with Gasteiger partial charge in [0.25, 0.3) is 0 Å². The highest BCUT2D eigenvalue weighted by atomic mass is 32.1. The molecule has 0 aliphatic carbocycles. The van der Waals surface area contributed by atoms with Gasteiger partial charge in [0.15, 0.2) is 0 Å². The topological polar surface area (TPSA) is 21.3 Å². The smallest absolute Gasteiger partial charge is 0.0623 e. The molecule has 3 heteroatoms. The lowest BCUT2D eigenvalue weighted by molar-refractivity contribution is 0.0117. The molecule has 1 unspecified atom stereocenters. The summed E-state index contributed by atoms with van der Waals surface area (Å²) in [6, 6.07) is 0.459. The van der Waals surface area contributed by atoms with Crippen LogP contribution in [0.1, 0.15) is 50.8 Å². The summed E-state index contributed by atoms with van der Waals surface area (Å²) in [5, 5.41) is 8.06. The van der Waals surface area contributed by atoms with Crippen LogP contribution in [0.3, 0.4) is 0 Å². The van der Waals surface area contributed by atoms with Crippen LogP contribution in [0.5, 0.6) is 0 Å². The third-order valence-electron chi connectivity index (χ3n) is 3.31. The van der Waals surface area contributed by atoms with E-state index in [0.717, 1.165) is 19.4 Å². The quantitative estimate of drug-likeness (QED) is 0.797. The van der Waals surface area contributed by atoms with Crippen molar-refractivity contribution in [3.05, 3.63) is 21.9 Å². The molecule has 17 heavy (non-hydrogen) atoms. The maximum Gasteiger partial charge on any atom is 0.0623 e. The Labute approximate surface area is 109 Å². The van der Waals surface area contributed by atoms with Crippen LogP contribution in [0.25, 0.3) is 0 Å². The summed E-state index contributed by atoms with van der Waals surface area (Å²) in [7, 11) is 1.79. The van der Waals surface area contributed by atoms with Crippen LogP contribution >= 0.6 is 11.3 Å². The Hall–Kier alpha value is -0.380. The van der Waals surface area contributed by atoms with E-state index in [2.05, 4.69) is 43.8 Å². The molecule has 0 amide bonds. The van der Waals surface area contributed by atoms with E-state index < -0.39 is 0 Å². The first-order chi connectivity index (χ1) is 8.00. The average molecular weight is 255 g/mol. The average Bonchev–Trinajstić information content (AvgIpc) is 2.71. The maximum absolute atomic E-state index is 5.49. The summed E-state index contributed by atoms with van der Waals surface area (Å²) in [4.78, 5) is 0. The van der Waals surface area contributed by atoms with Gasteiger partial charge in [-0.2, -0.15) is 11.3 Å². The van der Waals surface area contributed by atoms with Gasteiger partial charge in [0.2, 0.25) is 0 Å². The van der Waals surface area contributed by atoms with Crippen LogP contribution in [0.15, 0.2) is 10.8 Å². The zero-order chi connectivity index (χ0) is 12.9. The highest BCUT2D eigenvalue weighted by molar-refractivity contribution is 7.08. The summed E-state index contributed by atoms with van der Waals surface area (Å²) >= 11 is 1.79. The SMILES string of the molecule is CCNC(CCC(C)(C)OC)c1cscc1C. The summed E-state index contributed by atoms with van der Waals surface area (Å²) in [5.41, 5.74) is 2.82. The van der Waals surface area contributed by atoms with Gasteiger partial charge in [-0.05, 0) is 62.0 Å². The Morgan fingerprint density at radius 1 is 1.41 bits per heavy atom. The third-order valence-corrected chi connectivity index (χ3v) is 4.19. The molecule has 0 spiro atoms. The minimum Gasteiger partial charge on any atom is -0.379 e. The Morgan fingerprint density at radius 2 is 2.12 bits per heavy atom. The third kappa shape index (κ3) is 4.41. The van der Waals surface area contributed by atoms with Gasteiger partial charge >= 0.3 is 0 Å². The van der Waals surface area contributed by atoms with Gasteiger partial charge in [0, 0.05) is 13.2 Å². The van der Waals surface area contributed by atoms with Crippen molar-refractivity contribution >= 4 is 11.3 Å². The largest absolute Gasteiger partial charge is 0.379 e. The molecule has 1 aromatic rings. The first kappa shape index (κ1) is 14.7. The van der Waals surface area contributed by atoms with E-state index in [-0.39, 0.29) is 5.60 Å². The molecule has 98 valence electrons. The molecule has 0 aliphatic rings. The number of thiophene rings is 1. The zero-order valence-electron chi connectivity index (χ0n) is 11.7. The lowest BCUT2D eigenvalue weighted by atomic mass is 9.94. The van der Waals surface area contributed by atoms with E-state index in [9.17, 15) is 0 Å². The second-order valence-corrected chi connectivity index (χ2v) is 5.87. The normalized spacial score (nSPS) is 13.9. The minimum atomic E-state index is -0.0302. The van der Waals surface area contributed by atoms with Gasteiger partial charge in [0.05, 0.1) is 5.60 Å². The molecule has 0 saturated carbocycles. The standard InChI is InChI=1S/C14H25NOS/c1-6-15-13(7-8-14(3,4)16-5)12-10-17-9-11(12)2/h9-10,13,15H,6-8H2,1-5H3. The maximum atomic E-state index is 5.49. The Morgan fingerprint density at radius 3 is 2.59 bits per heavy atom. The molecular weight excluding hydrogens is 230 g/mol. The van der Waals surface area contributed by atoms with Gasteiger partial charge in [-0.15, -0.1) is 0 Å². The van der Waals surface area contributed by atoms with Crippen molar-refractivity contribution < 1.29 is 4.74 Å². The second-order valence-electron chi connectivity index (χ2n) is 5.12. The number of ether oxygens (including phenoxy) is 1. The molecule has 1 rings (SSSR count). The van der Waals surface area contributed by atoms with Gasteiger partial charge in [-0.25, -0.2) is 0 Å². The molecule has 1 atom stereocenters. The minimum absolute atomic E-state index is 0.0302. The Bertz CT molecular complexity index is 333. The molecule has 0 aliphatic heterocycles. The molecule has 0 saturated heterocycles. The Balaban J connectivity index is 2.65. The predicted molar refractivity (Wildman–Crippen MR) is 75.8 cm³/mol. The molecule has 1 heterocycles. The van der Waals surface area contributed by atoms with Crippen LogP contribution in [0.2, 0.25) is 0 Å². The van der Waals surface area contributed by atoms with Crippen LogP contribution in [-0.2, 0) is 4.74 Å². The fraction of sp³-hybridized carbons (Fsp3) is 0.714. The first-order valence-electron chi connectivity index (χ1n) is 6.31. The highest BCUT2D eigenvalue weighted by Gasteiger charge is 2.20. The van der Waals surface area contributed by atoms with Crippen molar-refractivity contribution in [1.82, 2.24) is 5.32 Å². The van der Waals surface area contributed by atoms with Gasteiger partial charge in [-0.1, -0.05) is 6.92 Å². The summed E-state index contributed by atoms with van der Waals surface area (Å²) < 4.78 is 5.49. The lowest BCUT2D eigenvalue weighted by Gasteiger charge is -2.26. The van der Waals surface area contributed by atoms with Crippen molar-refractivity contribution in [1.29, 1.82) is 0 Å². The monoisotopic (exact) mass is 255 g/mol.